The molecule has 0 radical (unpaired) electrons. The van der Waals surface area contributed by atoms with Gasteiger partial charge in [-0.05, 0) is 88.3 Å². The molecule has 0 unspecified atom stereocenters. The normalized spacial score (nSPS) is 15.4. The predicted molar refractivity (Wildman–Crippen MR) is 120 cm³/mol. The number of carbonyl (C=O) groups is 1. The molecule has 9 heteroatoms. The number of sulfone groups is 1. The lowest BCUT2D eigenvalue weighted by atomic mass is 9.97. The van der Waals surface area contributed by atoms with Gasteiger partial charge in [0, 0.05) is 0 Å². The van der Waals surface area contributed by atoms with E-state index in [0.717, 1.165) is 5.75 Å². The summed E-state index contributed by atoms with van der Waals surface area (Å²) in [6, 6.07) is 13.3. The van der Waals surface area contributed by atoms with Gasteiger partial charge in [-0.2, -0.15) is 0 Å². The van der Waals surface area contributed by atoms with Gasteiger partial charge in [0.2, 0.25) is 0 Å². The van der Waals surface area contributed by atoms with E-state index in [-0.39, 0.29) is 36.8 Å². The Morgan fingerprint density at radius 2 is 1.42 bits per heavy atom. The number of esters is 1. The van der Waals surface area contributed by atoms with Crippen molar-refractivity contribution in [2.24, 2.45) is 0 Å². The van der Waals surface area contributed by atoms with Gasteiger partial charge in [-0.25, -0.2) is 8.42 Å². The number of halogens is 1. The summed E-state index contributed by atoms with van der Waals surface area (Å²) < 4.78 is 41.6. The van der Waals surface area contributed by atoms with Crippen LogP contribution in [-0.2, 0) is 19.4 Å². The first kappa shape index (κ1) is 25.0. The van der Waals surface area contributed by atoms with Crippen LogP contribution >= 0.6 is 12.4 Å². The van der Waals surface area contributed by atoms with Crippen LogP contribution in [0.4, 0.5) is 0 Å². The van der Waals surface area contributed by atoms with Crippen LogP contribution in [0.1, 0.15) is 26.7 Å². The Hall–Kier alpha value is -2.29. The number of hydrogen-bond acceptors (Lipinski definition) is 7. The number of benzene rings is 2. The van der Waals surface area contributed by atoms with Crippen LogP contribution in [0, 0.1) is 0 Å². The molecule has 1 aliphatic heterocycles. The van der Waals surface area contributed by atoms with Crippen LogP contribution < -0.4 is 14.8 Å². The number of hydrogen-bond donors (Lipinski definition) is 1. The molecule has 7 nitrogen and oxygen atoms in total. The standard InChI is InChI=1S/C22H27NO6S.ClH/c1-3-27-17-5-7-18(8-6-17)29-19-9-11-20(12-10-19)30(25,26)22(21(24)28-4-2)13-15-23-16-14-22;/h5-12,23H,3-4,13-16H2,1-2H3;1H. The molecule has 31 heavy (non-hydrogen) atoms. The van der Waals surface area contributed by atoms with Gasteiger partial charge in [-0.3, -0.25) is 4.79 Å². The number of rotatable bonds is 8. The molecule has 1 saturated heterocycles. The number of ether oxygens (including phenoxy) is 3. The second-order valence-corrected chi connectivity index (χ2v) is 9.21. The molecular formula is C22H28ClNO6S. The lowest BCUT2D eigenvalue weighted by Gasteiger charge is -2.34. The molecule has 0 atom stereocenters. The van der Waals surface area contributed by atoms with Crippen molar-refractivity contribution < 1.29 is 27.4 Å². The van der Waals surface area contributed by atoms with E-state index in [9.17, 15) is 13.2 Å². The van der Waals surface area contributed by atoms with E-state index in [1.54, 1.807) is 43.3 Å². The minimum Gasteiger partial charge on any atom is -0.494 e. The van der Waals surface area contributed by atoms with Crippen molar-refractivity contribution >= 4 is 28.2 Å². The number of piperidine rings is 1. The molecule has 0 bridgehead atoms. The summed E-state index contributed by atoms with van der Waals surface area (Å²) in [5.41, 5.74) is 0. The molecule has 1 heterocycles. The van der Waals surface area contributed by atoms with Gasteiger partial charge in [0.1, 0.15) is 17.2 Å². The Kier molecular flexibility index (Phi) is 8.73. The van der Waals surface area contributed by atoms with Crippen LogP contribution in [-0.4, -0.2) is 45.4 Å². The summed E-state index contributed by atoms with van der Waals surface area (Å²) in [4.78, 5) is 12.7. The largest absolute Gasteiger partial charge is 0.494 e. The summed E-state index contributed by atoms with van der Waals surface area (Å²) in [5.74, 6) is 1.17. The van der Waals surface area contributed by atoms with E-state index >= 15 is 0 Å². The van der Waals surface area contributed by atoms with E-state index in [0.29, 0.717) is 31.2 Å². The Morgan fingerprint density at radius 1 is 0.903 bits per heavy atom. The monoisotopic (exact) mass is 469 g/mol. The van der Waals surface area contributed by atoms with E-state index in [4.69, 9.17) is 14.2 Å². The number of nitrogens with one attached hydrogen (secondary N) is 1. The van der Waals surface area contributed by atoms with Gasteiger partial charge >= 0.3 is 5.97 Å². The third-order valence-electron chi connectivity index (χ3n) is 5.08. The molecule has 1 aliphatic rings. The van der Waals surface area contributed by atoms with E-state index in [1.807, 2.05) is 6.92 Å². The minimum atomic E-state index is -3.93. The van der Waals surface area contributed by atoms with Crippen molar-refractivity contribution in [3.63, 3.8) is 0 Å². The van der Waals surface area contributed by atoms with Crippen molar-refractivity contribution in [2.45, 2.75) is 36.3 Å². The second-order valence-electron chi connectivity index (χ2n) is 6.95. The van der Waals surface area contributed by atoms with Gasteiger partial charge in [0.25, 0.3) is 0 Å². The average molecular weight is 470 g/mol. The van der Waals surface area contributed by atoms with E-state index in [1.165, 1.54) is 12.1 Å². The van der Waals surface area contributed by atoms with Gasteiger partial charge in [-0.1, -0.05) is 0 Å². The van der Waals surface area contributed by atoms with Crippen LogP contribution in [0.15, 0.2) is 53.4 Å². The SMILES string of the molecule is CCOC(=O)C1(S(=O)(=O)c2ccc(Oc3ccc(OCC)cc3)cc2)CCNCC1.Cl. The molecule has 2 aromatic carbocycles. The molecule has 1 fully saturated rings. The molecule has 170 valence electrons. The number of carbonyl (C=O) groups excluding carboxylic acids is 1. The van der Waals surface area contributed by atoms with Gasteiger partial charge < -0.3 is 19.5 Å². The minimum absolute atomic E-state index is 0. The van der Waals surface area contributed by atoms with Crippen molar-refractivity contribution in [3.05, 3.63) is 48.5 Å². The molecule has 2 aromatic rings. The fraction of sp³-hybridized carbons (Fsp3) is 0.409. The third kappa shape index (κ3) is 5.31. The molecule has 3 rings (SSSR count). The zero-order chi connectivity index (χ0) is 21.6. The summed E-state index contributed by atoms with van der Waals surface area (Å²) in [7, 11) is -3.93. The quantitative estimate of drug-likeness (QED) is 0.588. The van der Waals surface area contributed by atoms with Crippen molar-refractivity contribution in [1.82, 2.24) is 5.32 Å². The maximum absolute atomic E-state index is 13.4. The highest BCUT2D eigenvalue weighted by molar-refractivity contribution is 7.93. The van der Waals surface area contributed by atoms with Crippen LogP contribution in [0.5, 0.6) is 17.2 Å². The average Bonchev–Trinajstić information content (AvgIpc) is 2.76. The Labute approximate surface area is 189 Å². The first-order valence-electron chi connectivity index (χ1n) is 10.1. The van der Waals surface area contributed by atoms with Gasteiger partial charge in [0.05, 0.1) is 18.1 Å². The summed E-state index contributed by atoms with van der Waals surface area (Å²) >= 11 is 0. The van der Waals surface area contributed by atoms with Crippen molar-refractivity contribution in [2.75, 3.05) is 26.3 Å². The highest BCUT2D eigenvalue weighted by Crippen LogP contribution is 2.36. The maximum Gasteiger partial charge on any atom is 0.327 e. The Balaban J connectivity index is 0.00000341. The summed E-state index contributed by atoms with van der Waals surface area (Å²) in [5, 5.41) is 3.11. The Bertz CT molecular complexity index is 955. The highest BCUT2D eigenvalue weighted by Gasteiger charge is 2.53. The first-order chi connectivity index (χ1) is 14.4. The fourth-order valence-corrected chi connectivity index (χ4v) is 5.46. The molecule has 0 aliphatic carbocycles. The van der Waals surface area contributed by atoms with Crippen molar-refractivity contribution in [1.29, 1.82) is 0 Å². The maximum atomic E-state index is 13.4. The molecule has 0 aromatic heterocycles. The third-order valence-corrected chi connectivity index (χ3v) is 7.57. The van der Waals surface area contributed by atoms with Gasteiger partial charge in [-0.15, -0.1) is 12.4 Å². The van der Waals surface area contributed by atoms with Crippen LogP contribution in [0.2, 0.25) is 0 Å². The fourth-order valence-electron chi connectivity index (χ4n) is 3.49. The smallest absolute Gasteiger partial charge is 0.327 e. The highest BCUT2D eigenvalue weighted by atomic mass is 35.5. The topological polar surface area (TPSA) is 90.9 Å². The first-order valence-corrected chi connectivity index (χ1v) is 11.5. The summed E-state index contributed by atoms with van der Waals surface area (Å²) in [6.45, 7) is 5.19. The van der Waals surface area contributed by atoms with Crippen LogP contribution in [0.3, 0.4) is 0 Å². The second kappa shape index (κ2) is 10.8. The molecular weight excluding hydrogens is 442 g/mol. The van der Waals surface area contributed by atoms with Gasteiger partial charge in [0.15, 0.2) is 14.6 Å². The molecule has 1 N–H and O–H groups in total. The van der Waals surface area contributed by atoms with E-state index < -0.39 is 20.6 Å². The predicted octanol–water partition coefficient (Wildman–Crippen LogP) is 3.76. The zero-order valence-electron chi connectivity index (χ0n) is 17.6. The van der Waals surface area contributed by atoms with E-state index in [2.05, 4.69) is 5.32 Å². The summed E-state index contributed by atoms with van der Waals surface area (Å²) in [6.07, 6.45) is 0.358. The van der Waals surface area contributed by atoms with Crippen molar-refractivity contribution in [3.8, 4) is 17.2 Å². The zero-order valence-corrected chi connectivity index (χ0v) is 19.3. The molecule has 0 saturated carbocycles. The van der Waals surface area contributed by atoms with Crippen LogP contribution in [0.25, 0.3) is 0 Å². The Morgan fingerprint density at radius 3 is 1.94 bits per heavy atom. The lowest BCUT2D eigenvalue weighted by Crippen LogP contribution is -2.54. The molecule has 0 amide bonds. The molecule has 0 spiro atoms. The lowest BCUT2D eigenvalue weighted by molar-refractivity contribution is -0.147.